The van der Waals surface area contributed by atoms with E-state index in [1.807, 2.05) is 38.5 Å². The molecule has 0 aliphatic carbocycles. The van der Waals surface area contributed by atoms with Crippen LogP contribution >= 0.6 is 24.0 Å². The molecule has 0 amide bonds. The van der Waals surface area contributed by atoms with Crippen molar-refractivity contribution < 1.29 is 4.74 Å². The normalized spacial score (nSPS) is 14.1. The van der Waals surface area contributed by atoms with E-state index >= 15 is 0 Å². The first-order valence-electron chi connectivity index (χ1n) is 11.1. The van der Waals surface area contributed by atoms with Crippen LogP contribution < -0.4 is 15.0 Å². The Labute approximate surface area is 213 Å². The van der Waals surface area contributed by atoms with Gasteiger partial charge in [0, 0.05) is 58.7 Å². The van der Waals surface area contributed by atoms with E-state index in [1.165, 1.54) is 11.1 Å². The first kappa shape index (κ1) is 24.9. The third-order valence-electron chi connectivity index (χ3n) is 5.94. The van der Waals surface area contributed by atoms with E-state index in [0.29, 0.717) is 0 Å². The molecule has 8 heteroatoms. The minimum atomic E-state index is 0. The molecular formula is C25H33IN6O. The largest absolute Gasteiger partial charge is 0.495 e. The highest BCUT2D eigenvalue weighted by atomic mass is 127. The second-order valence-corrected chi connectivity index (χ2v) is 7.97. The number of hydrogen-bond acceptors (Lipinski definition) is 4. The van der Waals surface area contributed by atoms with Crippen molar-refractivity contribution in [2.45, 2.75) is 20.0 Å². The zero-order valence-electron chi connectivity index (χ0n) is 19.6. The molecule has 0 unspecified atom stereocenters. The molecule has 1 aliphatic rings. The highest BCUT2D eigenvalue weighted by Crippen LogP contribution is 2.28. The van der Waals surface area contributed by atoms with Crippen LogP contribution in [-0.2, 0) is 13.1 Å². The summed E-state index contributed by atoms with van der Waals surface area (Å²) in [6, 6.07) is 16.9. The van der Waals surface area contributed by atoms with Crippen molar-refractivity contribution in [3.63, 3.8) is 0 Å². The van der Waals surface area contributed by atoms with Gasteiger partial charge in [0.25, 0.3) is 0 Å². The predicted octanol–water partition coefficient (Wildman–Crippen LogP) is 3.76. The maximum Gasteiger partial charge on any atom is 0.194 e. The summed E-state index contributed by atoms with van der Waals surface area (Å²) in [6.07, 6.45) is 3.87. The zero-order valence-corrected chi connectivity index (χ0v) is 21.9. The van der Waals surface area contributed by atoms with Crippen LogP contribution in [-0.4, -0.2) is 60.7 Å². The Morgan fingerprint density at radius 3 is 2.52 bits per heavy atom. The molecule has 33 heavy (non-hydrogen) atoms. The Hall–Kier alpha value is -2.75. The molecule has 0 saturated carbocycles. The number of piperazine rings is 1. The van der Waals surface area contributed by atoms with Crippen molar-refractivity contribution in [2.24, 2.45) is 4.99 Å². The molecule has 0 atom stereocenters. The van der Waals surface area contributed by atoms with Crippen LogP contribution in [0.3, 0.4) is 0 Å². The molecule has 2 aromatic carbocycles. The van der Waals surface area contributed by atoms with Gasteiger partial charge in [0.15, 0.2) is 5.96 Å². The second kappa shape index (κ2) is 11.9. The van der Waals surface area contributed by atoms with E-state index in [0.717, 1.165) is 62.5 Å². The summed E-state index contributed by atoms with van der Waals surface area (Å²) >= 11 is 0. The van der Waals surface area contributed by atoms with Gasteiger partial charge in [-0.15, -0.1) is 24.0 Å². The van der Waals surface area contributed by atoms with E-state index in [2.05, 4.69) is 66.1 Å². The third kappa shape index (κ3) is 6.19. The third-order valence-corrected chi connectivity index (χ3v) is 5.94. The van der Waals surface area contributed by atoms with Crippen LogP contribution in [0.5, 0.6) is 5.75 Å². The Bertz CT molecular complexity index is 1060. The van der Waals surface area contributed by atoms with Crippen molar-refractivity contribution in [2.75, 3.05) is 45.2 Å². The molecule has 1 aromatic heterocycles. The summed E-state index contributed by atoms with van der Waals surface area (Å²) in [6.45, 7) is 7.30. The minimum absolute atomic E-state index is 0. The summed E-state index contributed by atoms with van der Waals surface area (Å²) in [7, 11) is 3.58. The number of imidazole rings is 1. The Kier molecular flexibility index (Phi) is 8.99. The molecule has 1 N–H and O–H groups in total. The average molecular weight is 560 g/mol. The number of methoxy groups -OCH3 is 1. The van der Waals surface area contributed by atoms with E-state index in [9.17, 15) is 0 Å². The molecule has 4 rings (SSSR count). The molecule has 7 nitrogen and oxygen atoms in total. The monoisotopic (exact) mass is 560 g/mol. The lowest BCUT2D eigenvalue weighted by Crippen LogP contribution is -2.52. The van der Waals surface area contributed by atoms with Crippen molar-refractivity contribution in [1.82, 2.24) is 19.8 Å². The highest BCUT2D eigenvalue weighted by molar-refractivity contribution is 14.0. The lowest BCUT2D eigenvalue weighted by atomic mass is 10.1. The number of para-hydroxylation sites is 2. The zero-order chi connectivity index (χ0) is 22.3. The Balaban J connectivity index is 0.00000306. The summed E-state index contributed by atoms with van der Waals surface area (Å²) in [5.41, 5.74) is 3.67. The number of nitrogens with zero attached hydrogens (tertiary/aromatic N) is 5. The average Bonchev–Trinajstić information content (AvgIpc) is 3.24. The van der Waals surface area contributed by atoms with Crippen molar-refractivity contribution >= 4 is 35.6 Å². The van der Waals surface area contributed by atoms with Gasteiger partial charge in [-0.1, -0.05) is 36.4 Å². The lowest BCUT2D eigenvalue weighted by Gasteiger charge is -2.38. The maximum atomic E-state index is 5.53. The van der Waals surface area contributed by atoms with Crippen LogP contribution in [0, 0.1) is 6.92 Å². The molecule has 0 spiro atoms. The van der Waals surface area contributed by atoms with Gasteiger partial charge in [-0.2, -0.15) is 0 Å². The van der Waals surface area contributed by atoms with E-state index < -0.39 is 0 Å². The molecule has 3 aromatic rings. The number of guanidine groups is 1. The van der Waals surface area contributed by atoms with Gasteiger partial charge in [0.1, 0.15) is 11.6 Å². The summed E-state index contributed by atoms with van der Waals surface area (Å²) in [5.74, 6) is 2.90. The fourth-order valence-electron chi connectivity index (χ4n) is 4.17. The molecular weight excluding hydrogens is 527 g/mol. The van der Waals surface area contributed by atoms with E-state index in [4.69, 9.17) is 4.74 Å². The standard InChI is InChI=1S/C25H32N6O.HI/c1-20-27-11-12-31(20)19-22-8-6-7-21(17-22)18-28-25(26-2)30-15-13-29(14-16-30)23-9-4-5-10-24(23)32-3;/h4-12,17H,13-16,18-19H2,1-3H3,(H,26,28);1H. The molecule has 1 saturated heterocycles. The molecule has 1 fully saturated rings. The summed E-state index contributed by atoms with van der Waals surface area (Å²) in [5, 5.41) is 3.54. The highest BCUT2D eigenvalue weighted by Gasteiger charge is 2.21. The number of halogens is 1. The number of rotatable bonds is 6. The van der Waals surface area contributed by atoms with Gasteiger partial charge in [-0.25, -0.2) is 4.98 Å². The number of nitrogens with one attached hydrogen (secondary N) is 1. The molecule has 2 heterocycles. The fourth-order valence-corrected chi connectivity index (χ4v) is 4.17. The molecule has 176 valence electrons. The molecule has 1 aliphatic heterocycles. The minimum Gasteiger partial charge on any atom is -0.495 e. The first-order chi connectivity index (χ1) is 15.7. The van der Waals surface area contributed by atoms with Crippen molar-refractivity contribution in [3.05, 3.63) is 77.9 Å². The number of aryl methyl sites for hydroxylation is 1. The lowest BCUT2D eigenvalue weighted by molar-refractivity contribution is 0.367. The number of ether oxygens (including phenoxy) is 1. The van der Waals surface area contributed by atoms with Gasteiger partial charge in [-0.3, -0.25) is 4.99 Å². The number of hydrogen-bond donors (Lipinski definition) is 1. The topological polar surface area (TPSA) is 57.9 Å². The van der Waals surface area contributed by atoms with Crippen LogP contribution in [0.25, 0.3) is 0 Å². The van der Waals surface area contributed by atoms with Crippen LogP contribution in [0.15, 0.2) is 65.9 Å². The van der Waals surface area contributed by atoms with Crippen LogP contribution in [0.2, 0.25) is 0 Å². The van der Waals surface area contributed by atoms with Crippen LogP contribution in [0.1, 0.15) is 17.0 Å². The van der Waals surface area contributed by atoms with Gasteiger partial charge in [0.2, 0.25) is 0 Å². The summed E-state index contributed by atoms with van der Waals surface area (Å²) < 4.78 is 7.69. The second-order valence-electron chi connectivity index (χ2n) is 7.97. The van der Waals surface area contributed by atoms with Gasteiger partial charge in [-0.05, 0) is 30.2 Å². The van der Waals surface area contributed by atoms with Crippen molar-refractivity contribution in [3.8, 4) is 5.75 Å². The SMILES string of the molecule is CN=C(NCc1cccc(Cn2ccnc2C)c1)N1CCN(c2ccccc2OC)CC1.I. The number of benzene rings is 2. The van der Waals surface area contributed by atoms with E-state index in [1.54, 1.807) is 7.11 Å². The number of aliphatic imine (C=N–C) groups is 1. The fraction of sp³-hybridized carbons (Fsp3) is 0.360. The molecule has 0 bridgehead atoms. The van der Waals surface area contributed by atoms with Gasteiger partial charge < -0.3 is 24.4 Å². The smallest absolute Gasteiger partial charge is 0.194 e. The number of anilines is 1. The number of aromatic nitrogens is 2. The van der Waals surface area contributed by atoms with E-state index in [-0.39, 0.29) is 24.0 Å². The van der Waals surface area contributed by atoms with Gasteiger partial charge in [0.05, 0.1) is 12.8 Å². The quantitative estimate of drug-likeness (QED) is 0.283. The van der Waals surface area contributed by atoms with Crippen LogP contribution in [0.4, 0.5) is 5.69 Å². The summed E-state index contributed by atoms with van der Waals surface area (Å²) in [4.78, 5) is 13.5. The Morgan fingerprint density at radius 2 is 1.82 bits per heavy atom. The van der Waals surface area contributed by atoms with Crippen molar-refractivity contribution in [1.29, 1.82) is 0 Å². The molecule has 0 radical (unpaired) electrons. The maximum absolute atomic E-state index is 5.53. The first-order valence-corrected chi connectivity index (χ1v) is 11.1. The predicted molar refractivity (Wildman–Crippen MR) is 145 cm³/mol. The van der Waals surface area contributed by atoms with Gasteiger partial charge >= 0.3 is 0 Å². The Morgan fingerprint density at radius 1 is 1.06 bits per heavy atom.